The van der Waals surface area contributed by atoms with Gasteiger partial charge >= 0.3 is 5.85 Å². The highest BCUT2D eigenvalue weighted by Gasteiger charge is 2.23. The summed E-state index contributed by atoms with van der Waals surface area (Å²) in [5.41, 5.74) is 3.78. The molecular weight excluding hydrogens is 341 g/mol. The molecule has 2 aromatic carbocycles. The van der Waals surface area contributed by atoms with Crippen molar-refractivity contribution in [1.82, 2.24) is 9.78 Å². The van der Waals surface area contributed by atoms with Crippen LogP contribution in [-0.2, 0) is 13.0 Å². The first-order chi connectivity index (χ1) is 11.9. The minimum Gasteiger partial charge on any atom is -0.430 e. The van der Waals surface area contributed by atoms with E-state index < -0.39 is 5.85 Å². The van der Waals surface area contributed by atoms with Crippen LogP contribution in [0.5, 0.6) is 5.75 Å². The molecule has 0 radical (unpaired) electrons. The van der Waals surface area contributed by atoms with Crippen LogP contribution in [0.1, 0.15) is 11.3 Å². The van der Waals surface area contributed by atoms with E-state index in [9.17, 15) is 8.78 Å². The summed E-state index contributed by atoms with van der Waals surface area (Å²) in [6, 6.07) is 18.8. The van der Waals surface area contributed by atoms with Crippen molar-refractivity contribution in [3.63, 3.8) is 0 Å². The zero-order valence-corrected chi connectivity index (χ0v) is 15.0. The van der Waals surface area contributed by atoms with Crippen LogP contribution in [0.2, 0.25) is 0 Å². The molecule has 3 aromatic rings. The summed E-state index contributed by atoms with van der Waals surface area (Å²) in [6.45, 7) is 2.62. The maximum atomic E-state index is 13.1. The molecule has 3 nitrogen and oxygen atoms in total. The lowest BCUT2D eigenvalue weighted by Gasteiger charge is -2.14. The summed E-state index contributed by atoms with van der Waals surface area (Å²) in [5, 5.41) is 4.53. The highest BCUT2D eigenvalue weighted by Crippen LogP contribution is 2.30. The Morgan fingerprint density at radius 1 is 1.08 bits per heavy atom. The molecule has 0 bridgehead atoms. The molecular formula is C19H19F2N2OP. The number of hydrogen-bond acceptors (Lipinski definition) is 2. The molecule has 6 heteroatoms. The van der Waals surface area contributed by atoms with Gasteiger partial charge in [0.05, 0.1) is 11.4 Å². The molecule has 0 spiro atoms. The number of hydrogen-bond donors (Lipinski definition) is 0. The van der Waals surface area contributed by atoms with Crippen LogP contribution in [-0.4, -0.2) is 15.6 Å². The van der Waals surface area contributed by atoms with Gasteiger partial charge in [0.2, 0.25) is 0 Å². The maximum Gasteiger partial charge on any atom is 0.408 e. The van der Waals surface area contributed by atoms with E-state index in [-0.39, 0.29) is 5.75 Å². The van der Waals surface area contributed by atoms with Gasteiger partial charge in [0.25, 0.3) is 0 Å². The Kier molecular flexibility index (Phi) is 5.14. The van der Waals surface area contributed by atoms with Crippen molar-refractivity contribution in [2.75, 3.05) is 0 Å². The van der Waals surface area contributed by atoms with Crippen LogP contribution in [0.3, 0.4) is 0 Å². The number of aromatic nitrogens is 2. The largest absolute Gasteiger partial charge is 0.430 e. The molecule has 0 fully saturated rings. The minimum absolute atomic E-state index is 0.117. The summed E-state index contributed by atoms with van der Waals surface area (Å²) in [7, 11) is 1.38. The second-order valence-corrected chi connectivity index (χ2v) is 6.49. The third-order valence-corrected chi connectivity index (χ3v) is 3.86. The Balaban J connectivity index is 1.84. The van der Waals surface area contributed by atoms with Gasteiger partial charge in [-0.25, -0.2) is 0 Å². The van der Waals surface area contributed by atoms with Crippen LogP contribution in [0.25, 0.3) is 11.3 Å². The Morgan fingerprint density at radius 2 is 1.84 bits per heavy atom. The second-order valence-electron chi connectivity index (χ2n) is 5.82. The van der Waals surface area contributed by atoms with Gasteiger partial charge in [0, 0.05) is 12.1 Å². The van der Waals surface area contributed by atoms with Crippen LogP contribution in [0, 0.1) is 6.92 Å². The third-order valence-electron chi connectivity index (χ3n) is 3.74. The number of ether oxygens (including phenoxy) is 1. The number of aryl methyl sites for hydroxylation is 3. The Morgan fingerprint density at radius 3 is 2.56 bits per heavy atom. The summed E-state index contributed by atoms with van der Waals surface area (Å²) in [6.07, 6.45) is 0.842. The first-order valence-electron chi connectivity index (χ1n) is 7.95. The lowest BCUT2D eigenvalue weighted by atomic mass is 10.1. The van der Waals surface area contributed by atoms with E-state index in [1.165, 1.54) is 20.9 Å². The summed E-state index contributed by atoms with van der Waals surface area (Å²) in [5.74, 6) is -3.17. The normalized spacial score (nSPS) is 11.5. The van der Waals surface area contributed by atoms with Gasteiger partial charge in [-0.3, -0.25) is 4.68 Å². The molecule has 1 unspecified atom stereocenters. The predicted octanol–water partition coefficient (Wildman–Crippen LogP) is 4.91. The molecule has 0 aliphatic heterocycles. The van der Waals surface area contributed by atoms with Crippen molar-refractivity contribution in [3.05, 3.63) is 71.9 Å². The van der Waals surface area contributed by atoms with E-state index in [4.69, 9.17) is 0 Å². The molecule has 0 aliphatic carbocycles. The fourth-order valence-corrected chi connectivity index (χ4v) is 2.84. The van der Waals surface area contributed by atoms with Gasteiger partial charge < -0.3 is 4.74 Å². The van der Waals surface area contributed by atoms with E-state index in [1.807, 2.05) is 41.9 Å². The molecule has 1 aromatic heterocycles. The second kappa shape index (κ2) is 7.32. The smallest absolute Gasteiger partial charge is 0.408 e. The molecule has 0 aliphatic rings. The molecule has 25 heavy (non-hydrogen) atoms. The standard InChI is InChI=1S/C19H19F2N2OP/c1-14-12-18(16-8-5-9-17(13-16)24-19(20,21)25)23(22-14)11-10-15-6-3-2-4-7-15/h2-9,12-13H,10-11,25H2,1H3. The Hall–Kier alpha value is -2.26. The maximum absolute atomic E-state index is 13.1. The topological polar surface area (TPSA) is 27.1 Å². The first-order valence-corrected chi connectivity index (χ1v) is 8.53. The highest BCUT2D eigenvalue weighted by atomic mass is 31.0. The van der Waals surface area contributed by atoms with E-state index in [0.29, 0.717) is 6.54 Å². The van der Waals surface area contributed by atoms with Crippen molar-refractivity contribution in [3.8, 4) is 17.0 Å². The number of alkyl halides is 2. The number of halogens is 2. The summed E-state index contributed by atoms with van der Waals surface area (Å²) >= 11 is 0. The zero-order valence-electron chi connectivity index (χ0n) is 13.8. The number of nitrogens with zero attached hydrogens (tertiary/aromatic N) is 2. The van der Waals surface area contributed by atoms with Crippen molar-refractivity contribution < 1.29 is 13.5 Å². The first kappa shape index (κ1) is 17.6. The number of rotatable bonds is 6. The molecule has 1 atom stereocenters. The average Bonchev–Trinajstić information content (AvgIpc) is 2.93. The lowest BCUT2D eigenvalue weighted by molar-refractivity contribution is -0.0891. The fourth-order valence-electron chi connectivity index (χ4n) is 2.70. The fraction of sp³-hybridized carbons (Fsp3) is 0.211. The van der Waals surface area contributed by atoms with Crippen LogP contribution >= 0.6 is 9.24 Å². The van der Waals surface area contributed by atoms with E-state index in [2.05, 4.69) is 22.0 Å². The van der Waals surface area contributed by atoms with Gasteiger partial charge in [-0.15, -0.1) is 0 Å². The van der Waals surface area contributed by atoms with Gasteiger partial charge in [-0.05, 0) is 46.3 Å². The lowest BCUT2D eigenvalue weighted by Crippen LogP contribution is -2.14. The van der Waals surface area contributed by atoms with E-state index in [0.717, 1.165) is 23.4 Å². The molecule has 130 valence electrons. The van der Waals surface area contributed by atoms with Crippen LogP contribution in [0.4, 0.5) is 8.78 Å². The number of benzene rings is 2. The summed E-state index contributed by atoms with van der Waals surface area (Å²) in [4.78, 5) is 0. The van der Waals surface area contributed by atoms with Gasteiger partial charge in [-0.2, -0.15) is 13.9 Å². The van der Waals surface area contributed by atoms with E-state index in [1.54, 1.807) is 12.1 Å². The molecule has 0 saturated carbocycles. The Bertz CT molecular complexity index is 844. The van der Waals surface area contributed by atoms with E-state index >= 15 is 0 Å². The van der Waals surface area contributed by atoms with Crippen LogP contribution in [0.15, 0.2) is 60.7 Å². The quantitative estimate of drug-likeness (QED) is 0.584. The minimum atomic E-state index is -3.29. The van der Waals surface area contributed by atoms with Gasteiger partial charge in [0.15, 0.2) is 0 Å². The van der Waals surface area contributed by atoms with Crippen molar-refractivity contribution >= 4 is 9.24 Å². The molecule has 0 saturated heterocycles. The van der Waals surface area contributed by atoms with Gasteiger partial charge in [-0.1, -0.05) is 42.5 Å². The Labute approximate surface area is 147 Å². The molecule has 0 amide bonds. The third kappa shape index (κ3) is 4.86. The monoisotopic (exact) mass is 360 g/mol. The zero-order chi connectivity index (χ0) is 17.9. The highest BCUT2D eigenvalue weighted by molar-refractivity contribution is 7.17. The predicted molar refractivity (Wildman–Crippen MR) is 97.8 cm³/mol. The summed E-state index contributed by atoms with van der Waals surface area (Å²) < 4.78 is 32.7. The molecule has 3 rings (SSSR count). The SMILES string of the molecule is Cc1cc(-c2cccc(OC(F)(F)P)c2)n(CCc2ccccc2)n1. The van der Waals surface area contributed by atoms with Gasteiger partial charge in [0.1, 0.15) is 5.75 Å². The van der Waals surface area contributed by atoms with Crippen molar-refractivity contribution in [2.45, 2.75) is 25.7 Å². The van der Waals surface area contributed by atoms with Crippen molar-refractivity contribution in [2.24, 2.45) is 0 Å². The van der Waals surface area contributed by atoms with Crippen LogP contribution < -0.4 is 4.74 Å². The molecule has 0 N–H and O–H groups in total. The average molecular weight is 360 g/mol. The molecule has 1 heterocycles. The van der Waals surface area contributed by atoms with Crippen molar-refractivity contribution in [1.29, 1.82) is 0 Å².